The van der Waals surface area contributed by atoms with Crippen LogP contribution in [0.2, 0.25) is 0 Å². The SMILES string of the molecule is Cc1ccc(Oc2ccc(S(=O)(=O)N(Cc3ccccc3)CC3NC(=O)NC3=O)cc2)cc1. The Labute approximate surface area is 192 Å². The number of sulfonamides is 1. The van der Waals surface area contributed by atoms with Gasteiger partial charge in [-0.3, -0.25) is 10.1 Å². The molecule has 170 valence electrons. The van der Waals surface area contributed by atoms with Crippen LogP contribution in [0.15, 0.2) is 83.8 Å². The van der Waals surface area contributed by atoms with E-state index in [1.165, 1.54) is 16.4 Å². The Hall–Kier alpha value is -3.69. The highest BCUT2D eigenvalue weighted by Crippen LogP contribution is 2.25. The Morgan fingerprint density at radius 3 is 2.06 bits per heavy atom. The topological polar surface area (TPSA) is 105 Å². The molecule has 0 bridgehead atoms. The van der Waals surface area contributed by atoms with Gasteiger partial charge in [0.05, 0.1) is 4.90 Å². The highest BCUT2D eigenvalue weighted by Gasteiger charge is 2.35. The fourth-order valence-corrected chi connectivity index (χ4v) is 4.84. The van der Waals surface area contributed by atoms with Crippen molar-refractivity contribution in [3.05, 3.63) is 90.0 Å². The third kappa shape index (κ3) is 5.39. The number of amides is 3. The molecule has 0 saturated carbocycles. The Morgan fingerprint density at radius 2 is 1.48 bits per heavy atom. The first-order valence-electron chi connectivity index (χ1n) is 10.3. The lowest BCUT2D eigenvalue weighted by Gasteiger charge is -2.24. The van der Waals surface area contributed by atoms with Crippen LogP contribution in [0.4, 0.5) is 4.79 Å². The second-order valence-corrected chi connectivity index (χ2v) is 9.62. The number of carbonyl (C=O) groups is 2. The van der Waals surface area contributed by atoms with E-state index >= 15 is 0 Å². The number of carbonyl (C=O) groups excluding carboxylic acids is 2. The minimum Gasteiger partial charge on any atom is -0.457 e. The van der Waals surface area contributed by atoms with Crippen molar-refractivity contribution in [3.63, 3.8) is 0 Å². The van der Waals surface area contributed by atoms with Gasteiger partial charge in [0.1, 0.15) is 17.5 Å². The molecule has 0 radical (unpaired) electrons. The quantitative estimate of drug-likeness (QED) is 0.497. The van der Waals surface area contributed by atoms with Gasteiger partial charge in [-0.25, -0.2) is 13.2 Å². The molecule has 3 aromatic rings. The monoisotopic (exact) mass is 465 g/mol. The lowest BCUT2D eigenvalue weighted by Crippen LogP contribution is -2.44. The third-order valence-electron chi connectivity index (χ3n) is 5.16. The number of nitrogens with zero attached hydrogens (tertiary/aromatic N) is 1. The Balaban J connectivity index is 1.57. The van der Waals surface area contributed by atoms with Gasteiger partial charge < -0.3 is 10.1 Å². The van der Waals surface area contributed by atoms with Crippen molar-refractivity contribution in [1.82, 2.24) is 14.9 Å². The molecule has 1 aliphatic rings. The smallest absolute Gasteiger partial charge is 0.322 e. The number of hydrogen-bond donors (Lipinski definition) is 2. The lowest BCUT2D eigenvalue weighted by atomic mass is 10.2. The Bertz CT molecular complexity index is 1240. The summed E-state index contributed by atoms with van der Waals surface area (Å²) in [7, 11) is -3.98. The first kappa shape index (κ1) is 22.5. The highest BCUT2D eigenvalue weighted by molar-refractivity contribution is 7.89. The highest BCUT2D eigenvalue weighted by atomic mass is 32.2. The number of hydrogen-bond acceptors (Lipinski definition) is 5. The average molecular weight is 466 g/mol. The number of aryl methyl sites for hydroxylation is 1. The van der Waals surface area contributed by atoms with Crippen LogP contribution >= 0.6 is 0 Å². The second-order valence-electron chi connectivity index (χ2n) is 7.68. The van der Waals surface area contributed by atoms with E-state index in [9.17, 15) is 18.0 Å². The molecule has 1 heterocycles. The second kappa shape index (κ2) is 9.43. The summed E-state index contributed by atoms with van der Waals surface area (Å²) in [5.41, 5.74) is 1.86. The van der Waals surface area contributed by atoms with Crippen LogP contribution in [0.5, 0.6) is 11.5 Å². The zero-order valence-electron chi connectivity index (χ0n) is 17.9. The standard InChI is InChI=1S/C24H23N3O5S/c1-17-7-9-19(10-8-17)32-20-11-13-21(14-12-20)33(30,31)27(15-18-5-3-2-4-6-18)16-22-23(28)26-24(29)25-22/h2-14,22H,15-16H2,1H3,(H2,25,26,28,29). The maximum absolute atomic E-state index is 13.5. The molecule has 8 nitrogen and oxygen atoms in total. The maximum Gasteiger partial charge on any atom is 0.322 e. The number of rotatable bonds is 8. The first-order chi connectivity index (χ1) is 15.8. The van der Waals surface area contributed by atoms with Crippen LogP contribution in [0, 0.1) is 6.92 Å². The van der Waals surface area contributed by atoms with Gasteiger partial charge in [-0.15, -0.1) is 0 Å². The lowest BCUT2D eigenvalue weighted by molar-refractivity contribution is -0.120. The fourth-order valence-electron chi connectivity index (χ4n) is 3.40. The molecule has 33 heavy (non-hydrogen) atoms. The molecule has 1 unspecified atom stereocenters. The van der Waals surface area contributed by atoms with E-state index in [0.717, 1.165) is 11.1 Å². The molecule has 1 fully saturated rings. The van der Waals surface area contributed by atoms with E-state index in [0.29, 0.717) is 11.5 Å². The van der Waals surface area contributed by atoms with Crippen molar-refractivity contribution in [2.45, 2.75) is 24.4 Å². The van der Waals surface area contributed by atoms with E-state index in [1.54, 1.807) is 36.4 Å². The van der Waals surface area contributed by atoms with Crippen LogP contribution in [0.3, 0.4) is 0 Å². The summed E-state index contributed by atoms with van der Waals surface area (Å²) >= 11 is 0. The van der Waals surface area contributed by atoms with Gasteiger partial charge in [0.15, 0.2) is 0 Å². The average Bonchev–Trinajstić information content (AvgIpc) is 3.12. The summed E-state index contributed by atoms with van der Waals surface area (Å²) in [6, 6.07) is 21.0. The first-order valence-corrected chi connectivity index (χ1v) is 11.8. The van der Waals surface area contributed by atoms with E-state index in [-0.39, 0.29) is 18.0 Å². The summed E-state index contributed by atoms with van der Waals surface area (Å²) in [6.45, 7) is 1.83. The molecule has 0 aliphatic carbocycles. The summed E-state index contributed by atoms with van der Waals surface area (Å²) < 4.78 is 33.9. The molecular weight excluding hydrogens is 442 g/mol. The predicted octanol–water partition coefficient (Wildman–Crippen LogP) is 3.19. The number of nitrogens with one attached hydrogen (secondary N) is 2. The number of ether oxygens (including phenoxy) is 1. The van der Waals surface area contributed by atoms with Gasteiger partial charge in [0.2, 0.25) is 10.0 Å². The largest absolute Gasteiger partial charge is 0.457 e. The van der Waals surface area contributed by atoms with Gasteiger partial charge >= 0.3 is 6.03 Å². The zero-order chi connectivity index (χ0) is 23.4. The van der Waals surface area contributed by atoms with E-state index in [2.05, 4.69) is 10.6 Å². The summed E-state index contributed by atoms with van der Waals surface area (Å²) in [5, 5.41) is 4.59. The van der Waals surface area contributed by atoms with Gasteiger partial charge in [-0.1, -0.05) is 48.0 Å². The van der Waals surface area contributed by atoms with E-state index in [4.69, 9.17) is 4.74 Å². The third-order valence-corrected chi connectivity index (χ3v) is 6.99. The van der Waals surface area contributed by atoms with Gasteiger partial charge in [0, 0.05) is 13.1 Å². The Kier molecular flexibility index (Phi) is 6.43. The molecule has 3 amide bonds. The molecule has 1 atom stereocenters. The minimum absolute atomic E-state index is 0.0461. The van der Waals surface area contributed by atoms with Crippen LogP contribution in [0.1, 0.15) is 11.1 Å². The van der Waals surface area contributed by atoms with Gasteiger partial charge in [0.25, 0.3) is 5.91 Å². The van der Waals surface area contributed by atoms with Crippen molar-refractivity contribution in [2.75, 3.05) is 6.54 Å². The molecule has 1 aliphatic heterocycles. The summed E-state index contributed by atoms with van der Waals surface area (Å²) in [5.74, 6) is 0.579. The van der Waals surface area contributed by atoms with Crippen molar-refractivity contribution in [3.8, 4) is 11.5 Å². The molecule has 0 spiro atoms. The normalized spacial score (nSPS) is 15.9. The van der Waals surface area contributed by atoms with Crippen molar-refractivity contribution >= 4 is 22.0 Å². The molecule has 1 saturated heterocycles. The van der Waals surface area contributed by atoms with Crippen LogP contribution in [-0.4, -0.2) is 37.2 Å². The summed E-state index contributed by atoms with van der Waals surface area (Å²) in [4.78, 5) is 23.6. The molecule has 9 heteroatoms. The van der Waals surface area contributed by atoms with Crippen LogP contribution < -0.4 is 15.4 Å². The number of benzene rings is 3. The molecular formula is C24H23N3O5S. The van der Waals surface area contributed by atoms with E-state index in [1.807, 2.05) is 37.3 Å². The zero-order valence-corrected chi connectivity index (χ0v) is 18.7. The Morgan fingerprint density at radius 1 is 0.879 bits per heavy atom. The molecule has 4 rings (SSSR count). The predicted molar refractivity (Wildman–Crippen MR) is 122 cm³/mol. The van der Waals surface area contributed by atoms with Gasteiger partial charge in [-0.05, 0) is 48.9 Å². The molecule has 0 aromatic heterocycles. The van der Waals surface area contributed by atoms with E-state index < -0.39 is 28.0 Å². The van der Waals surface area contributed by atoms with Gasteiger partial charge in [-0.2, -0.15) is 4.31 Å². The van der Waals surface area contributed by atoms with Crippen molar-refractivity contribution in [2.24, 2.45) is 0 Å². The molecule has 3 aromatic carbocycles. The number of urea groups is 1. The maximum atomic E-state index is 13.5. The minimum atomic E-state index is -3.98. The van der Waals surface area contributed by atoms with Crippen molar-refractivity contribution in [1.29, 1.82) is 0 Å². The van der Waals surface area contributed by atoms with Crippen LogP contribution in [0.25, 0.3) is 0 Å². The molecule has 2 N–H and O–H groups in total. The fraction of sp³-hybridized carbons (Fsp3) is 0.167. The van der Waals surface area contributed by atoms with Crippen molar-refractivity contribution < 1.29 is 22.7 Å². The number of imide groups is 1. The van der Waals surface area contributed by atoms with Crippen LogP contribution in [-0.2, 0) is 21.4 Å². The summed E-state index contributed by atoms with van der Waals surface area (Å²) in [6.07, 6.45) is 0.